The van der Waals surface area contributed by atoms with E-state index in [1.807, 2.05) is 37.5 Å². The van der Waals surface area contributed by atoms with Crippen molar-refractivity contribution in [3.63, 3.8) is 0 Å². The first-order valence-corrected chi connectivity index (χ1v) is 11.9. The van der Waals surface area contributed by atoms with Crippen LogP contribution in [0.4, 0.5) is 13.2 Å². The number of furan rings is 1. The monoisotopic (exact) mass is 497 g/mol. The van der Waals surface area contributed by atoms with E-state index in [1.54, 1.807) is 37.0 Å². The molecule has 0 bridgehead atoms. The first-order valence-electron chi connectivity index (χ1n) is 11.0. The van der Waals surface area contributed by atoms with Crippen molar-refractivity contribution >= 4 is 11.8 Å². The minimum Gasteiger partial charge on any atom is -0.459 e. The summed E-state index contributed by atoms with van der Waals surface area (Å²) in [4.78, 5) is 7.21. The number of pyridine rings is 1. The van der Waals surface area contributed by atoms with Gasteiger partial charge in [0.25, 0.3) is 0 Å². The van der Waals surface area contributed by atoms with E-state index < -0.39 is 11.7 Å². The lowest BCUT2D eigenvalue weighted by Crippen LogP contribution is -2.17. The molecule has 2 aromatic carbocycles. The summed E-state index contributed by atoms with van der Waals surface area (Å²) in [6.45, 7) is 2.97. The lowest BCUT2D eigenvalue weighted by molar-refractivity contribution is -0.137. The van der Waals surface area contributed by atoms with Crippen LogP contribution >= 0.6 is 11.8 Å². The number of aryl methyl sites for hydroxylation is 1. The number of halogens is 3. The van der Waals surface area contributed by atoms with E-state index in [0.29, 0.717) is 35.7 Å². The van der Waals surface area contributed by atoms with Gasteiger partial charge in [-0.2, -0.15) is 13.2 Å². The zero-order chi connectivity index (χ0) is 25.0. The zero-order valence-corrected chi connectivity index (χ0v) is 20.1. The van der Waals surface area contributed by atoms with Crippen LogP contribution in [0.2, 0.25) is 0 Å². The molecule has 1 radical (unpaired) electrons. The molecule has 35 heavy (non-hydrogen) atoms. The van der Waals surface area contributed by atoms with Gasteiger partial charge in [0.15, 0.2) is 5.75 Å². The van der Waals surface area contributed by atoms with E-state index in [4.69, 9.17) is 4.42 Å². The molecule has 0 aliphatic heterocycles. The fourth-order valence-electron chi connectivity index (χ4n) is 3.67. The predicted molar refractivity (Wildman–Crippen MR) is 129 cm³/mol. The first-order chi connectivity index (χ1) is 16.7. The number of benzene rings is 2. The molecule has 4 aromatic rings. The fourth-order valence-corrected chi connectivity index (χ4v) is 4.66. The van der Waals surface area contributed by atoms with Crippen LogP contribution in [0, 0.1) is 6.92 Å². The van der Waals surface area contributed by atoms with Crippen LogP contribution in [0.15, 0.2) is 82.4 Å². The van der Waals surface area contributed by atoms with Crippen LogP contribution in [0.3, 0.4) is 0 Å². The number of hydrogen-bond donors (Lipinski definition) is 0. The van der Waals surface area contributed by atoms with Crippen molar-refractivity contribution in [2.45, 2.75) is 36.8 Å². The molecule has 0 aliphatic rings. The molecule has 8 heteroatoms. The molecule has 0 amide bonds. The Morgan fingerprint density at radius 3 is 2.46 bits per heavy atom. The topological polar surface area (TPSA) is 49.2 Å². The van der Waals surface area contributed by atoms with Gasteiger partial charge in [-0.3, -0.25) is 15.0 Å². The summed E-state index contributed by atoms with van der Waals surface area (Å²) in [5.41, 5.74) is 2.58. The van der Waals surface area contributed by atoms with E-state index in [1.165, 1.54) is 12.1 Å². The number of alkyl halides is 3. The number of thioether (sulfide) groups is 1. The summed E-state index contributed by atoms with van der Waals surface area (Å²) in [5.74, 6) is 1.86. The molecule has 2 aromatic heterocycles. The maximum atomic E-state index is 13.0. The SMILES string of the molecule is Cc1cc(SCc2cc(-c3ccc(C(F)(F)F)cc3)oc2CN(C)Cc2cccnc2)ccc1[O]. The Bertz CT molecular complexity index is 1270. The zero-order valence-electron chi connectivity index (χ0n) is 19.3. The lowest BCUT2D eigenvalue weighted by atomic mass is 10.1. The van der Waals surface area contributed by atoms with Gasteiger partial charge in [-0.1, -0.05) is 18.2 Å². The van der Waals surface area contributed by atoms with E-state index in [2.05, 4.69) is 9.88 Å². The van der Waals surface area contributed by atoms with E-state index in [9.17, 15) is 18.3 Å². The highest BCUT2D eigenvalue weighted by Crippen LogP contribution is 2.35. The molecule has 0 unspecified atom stereocenters. The lowest BCUT2D eigenvalue weighted by Gasteiger charge is -2.16. The average molecular weight is 498 g/mol. The molecule has 181 valence electrons. The van der Waals surface area contributed by atoms with E-state index >= 15 is 0 Å². The van der Waals surface area contributed by atoms with Crippen molar-refractivity contribution in [3.8, 4) is 17.1 Å². The molecule has 0 saturated carbocycles. The summed E-state index contributed by atoms with van der Waals surface area (Å²) in [5, 5.41) is 11.7. The maximum absolute atomic E-state index is 13.0. The third kappa shape index (κ3) is 6.46. The highest BCUT2D eigenvalue weighted by molar-refractivity contribution is 7.98. The Hall–Kier alpha value is -3.23. The second-order valence-electron chi connectivity index (χ2n) is 8.38. The number of aromatic nitrogens is 1. The largest absolute Gasteiger partial charge is 0.459 e. The molecule has 2 heterocycles. The molecular formula is C27H24F3N2O2S. The predicted octanol–water partition coefficient (Wildman–Crippen LogP) is 7.74. The van der Waals surface area contributed by atoms with Crippen molar-refractivity contribution in [3.05, 3.63) is 101 Å². The van der Waals surface area contributed by atoms with Gasteiger partial charge in [-0.05, 0) is 67.6 Å². The highest BCUT2D eigenvalue weighted by Gasteiger charge is 2.30. The van der Waals surface area contributed by atoms with Crippen LogP contribution in [0.5, 0.6) is 5.75 Å². The van der Waals surface area contributed by atoms with Gasteiger partial charge in [0.05, 0.1) is 12.1 Å². The summed E-state index contributed by atoms with van der Waals surface area (Å²) < 4.78 is 45.1. The summed E-state index contributed by atoms with van der Waals surface area (Å²) >= 11 is 1.58. The molecule has 0 atom stereocenters. The Kier molecular flexibility index (Phi) is 7.52. The number of hydrogen-bond acceptors (Lipinski definition) is 4. The molecule has 0 fully saturated rings. The molecule has 4 rings (SSSR count). The fraction of sp³-hybridized carbons (Fsp3) is 0.222. The van der Waals surface area contributed by atoms with Gasteiger partial charge < -0.3 is 4.42 Å². The summed E-state index contributed by atoms with van der Waals surface area (Å²) in [6.07, 6.45) is -0.852. The number of rotatable bonds is 8. The van der Waals surface area contributed by atoms with Crippen molar-refractivity contribution < 1.29 is 22.7 Å². The van der Waals surface area contributed by atoms with Gasteiger partial charge in [0.1, 0.15) is 11.5 Å². The van der Waals surface area contributed by atoms with Crippen molar-refractivity contribution in [1.82, 2.24) is 9.88 Å². The second kappa shape index (κ2) is 10.6. The quantitative estimate of drug-likeness (QED) is 0.234. The molecule has 0 spiro atoms. The molecule has 0 aliphatic carbocycles. The van der Waals surface area contributed by atoms with Gasteiger partial charge >= 0.3 is 6.18 Å². The Balaban J connectivity index is 1.57. The van der Waals surface area contributed by atoms with Crippen LogP contribution < -0.4 is 0 Å². The van der Waals surface area contributed by atoms with Gasteiger partial charge in [-0.25, -0.2) is 0 Å². The minimum atomic E-state index is -4.39. The van der Waals surface area contributed by atoms with E-state index in [0.717, 1.165) is 33.9 Å². The van der Waals surface area contributed by atoms with Gasteiger partial charge in [-0.15, -0.1) is 11.8 Å². The summed E-state index contributed by atoms with van der Waals surface area (Å²) in [6, 6.07) is 16.0. The average Bonchev–Trinajstić information content (AvgIpc) is 3.22. The van der Waals surface area contributed by atoms with Crippen LogP contribution in [0.25, 0.3) is 11.3 Å². The Morgan fingerprint density at radius 2 is 1.80 bits per heavy atom. The van der Waals surface area contributed by atoms with Crippen LogP contribution in [-0.4, -0.2) is 16.9 Å². The summed E-state index contributed by atoms with van der Waals surface area (Å²) in [7, 11) is 1.97. The molecule has 0 saturated heterocycles. The van der Waals surface area contributed by atoms with Crippen molar-refractivity contribution in [1.29, 1.82) is 0 Å². The highest BCUT2D eigenvalue weighted by atomic mass is 32.2. The van der Waals surface area contributed by atoms with E-state index in [-0.39, 0.29) is 5.75 Å². The van der Waals surface area contributed by atoms with Gasteiger partial charge in [0.2, 0.25) is 0 Å². The standard InChI is InChI=1S/C27H24F3N2O2S/c1-18-12-23(9-10-24(18)33)35-17-21-13-25(20-5-7-22(8-6-20)27(28,29)30)34-26(21)16-32(2)15-19-4-3-11-31-14-19/h3-14H,15-17H2,1-2H3. The molecular weight excluding hydrogens is 473 g/mol. The maximum Gasteiger partial charge on any atom is 0.416 e. The Labute approximate surface area is 206 Å². The van der Waals surface area contributed by atoms with Crippen molar-refractivity contribution in [2.24, 2.45) is 0 Å². The third-order valence-electron chi connectivity index (χ3n) is 5.52. The second-order valence-corrected chi connectivity index (χ2v) is 9.43. The number of nitrogens with zero attached hydrogens (tertiary/aromatic N) is 2. The Morgan fingerprint density at radius 1 is 1.03 bits per heavy atom. The minimum absolute atomic E-state index is 0.0000309. The smallest absolute Gasteiger partial charge is 0.416 e. The molecule has 0 N–H and O–H groups in total. The first kappa shape index (κ1) is 24.9. The van der Waals surface area contributed by atoms with Crippen LogP contribution in [0.1, 0.15) is 28.0 Å². The third-order valence-corrected chi connectivity index (χ3v) is 6.57. The molecule has 4 nitrogen and oxygen atoms in total. The van der Waals surface area contributed by atoms with Crippen LogP contribution in [-0.2, 0) is 30.1 Å². The normalized spacial score (nSPS) is 11.8. The van der Waals surface area contributed by atoms with Gasteiger partial charge in [0, 0.05) is 40.7 Å². The van der Waals surface area contributed by atoms with Crippen molar-refractivity contribution in [2.75, 3.05) is 7.05 Å².